The minimum atomic E-state index is -0.434. The number of piperazine rings is 1. The van der Waals surface area contributed by atoms with Crippen molar-refractivity contribution in [1.29, 1.82) is 0 Å². The summed E-state index contributed by atoms with van der Waals surface area (Å²) in [5, 5.41) is 12.3. The molecular formula is C12H20N6O2. The largest absolute Gasteiger partial charge is 0.340 e. The van der Waals surface area contributed by atoms with Gasteiger partial charge in [0.25, 0.3) is 5.91 Å². The van der Waals surface area contributed by atoms with Crippen LogP contribution in [0, 0.1) is 0 Å². The second-order valence-electron chi connectivity index (χ2n) is 5.01. The van der Waals surface area contributed by atoms with Crippen molar-refractivity contribution < 1.29 is 9.59 Å². The summed E-state index contributed by atoms with van der Waals surface area (Å²) in [4.78, 5) is 29.5. The Morgan fingerprint density at radius 3 is 2.65 bits per heavy atom. The predicted molar refractivity (Wildman–Crippen MR) is 72.3 cm³/mol. The van der Waals surface area contributed by atoms with Gasteiger partial charge >= 0.3 is 0 Å². The van der Waals surface area contributed by atoms with Gasteiger partial charge in [0, 0.05) is 32.1 Å². The first-order valence-corrected chi connectivity index (χ1v) is 6.77. The van der Waals surface area contributed by atoms with E-state index in [0.717, 1.165) is 13.1 Å². The number of nitrogens with one attached hydrogen (secondary N) is 3. The first kappa shape index (κ1) is 14.4. The maximum atomic E-state index is 11.9. The average molecular weight is 280 g/mol. The molecule has 0 saturated carbocycles. The molecule has 20 heavy (non-hydrogen) atoms. The molecule has 2 heterocycles. The van der Waals surface area contributed by atoms with Crippen LogP contribution in [0.1, 0.15) is 36.2 Å². The number of aromatic nitrogens is 3. The molecule has 1 aliphatic rings. The Balaban J connectivity index is 1.83. The molecule has 2 amide bonds. The summed E-state index contributed by atoms with van der Waals surface area (Å²) < 4.78 is 0. The predicted octanol–water partition coefficient (Wildman–Crippen LogP) is -0.910. The van der Waals surface area contributed by atoms with Gasteiger partial charge in [-0.1, -0.05) is 13.8 Å². The first-order chi connectivity index (χ1) is 9.58. The molecule has 0 spiro atoms. The third-order valence-electron chi connectivity index (χ3n) is 3.12. The highest BCUT2D eigenvalue weighted by Crippen LogP contribution is 2.07. The molecular weight excluding hydrogens is 260 g/mol. The second-order valence-corrected chi connectivity index (χ2v) is 5.01. The van der Waals surface area contributed by atoms with E-state index in [2.05, 4.69) is 25.8 Å². The molecule has 0 aliphatic carbocycles. The third kappa shape index (κ3) is 3.53. The number of rotatable bonds is 4. The highest BCUT2D eigenvalue weighted by molar-refractivity contribution is 5.93. The van der Waals surface area contributed by atoms with Crippen molar-refractivity contribution >= 4 is 11.8 Å². The molecule has 1 aromatic rings. The van der Waals surface area contributed by atoms with Gasteiger partial charge in [0.1, 0.15) is 5.82 Å². The van der Waals surface area contributed by atoms with E-state index >= 15 is 0 Å². The molecule has 1 aromatic heterocycles. The van der Waals surface area contributed by atoms with E-state index < -0.39 is 5.91 Å². The van der Waals surface area contributed by atoms with Crippen molar-refractivity contribution in [2.45, 2.75) is 19.8 Å². The quantitative estimate of drug-likeness (QED) is 0.662. The summed E-state index contributed by atoms with van der Waals surface area (Å²) in [6.45, 7) is 6.81. The molecule has 1 fully saturated rings. The summed E-state index contributed by atoms with van der Waals surface area (Å²) >= 11 is 0. The molecule has 2 rings (SSSR count). The van der Waals surface area contributed by atoms with Crippen LogP contribution in [-0.4, -0.2) is 64.6 Å². The fourth-order valence-electron chi connectivity index (χ4n) is 1.90. The van der Waals surface area contributed by atoms with Crippen LogP contribution in [0.2, 0.25) is 0 Å². The monoisotopic (exact) mass is 280 g/mol. The molecule has 8 heteroatoms. The molecule has 0 aromatic carbocycles. The number of hydrogen-bond donors (Lipinski definition) is 3. The van der Waals surface area contributed by atoms with E-state index in [4.69, 9.17) is 0 Å². The Hall–Kier alpha value is -1.96. The van der Waals surface area contributed by atoms with Crippen molar-refractivity contribution in [2.75, 3.05) is 32.7 Å². The van der Waals surface area contributed by atoms with Gasteiger partial charge in [0.2, 0.25) is 11.7 Å². The zero-order valence-corrected chi connectivity index (χ0v) is 11.8. The minimum absolute atomic E-state index is 0.0234. The van der Waals surface area contributed by atoms with Crippen LogP contribution in [0.3, 0.4) is 0 Å². The maximum Gasteiger partial charge on any atom is 0.291 e. The Labute approximate surface area is 117 Å². The third-order valence-corrected chi connectivity index (χ3v) is 3.12. The number of H-pyrrole nitrogens is 1. The summed E-state index contributed by atoms with van der Waals surface area (Å²) in [6, 6.07) is 0. The Bertz CT molecular complexity index is 478. The Kier molecular flexibility index (Phi) is 4.67. The molecule has 1 aliphatic heterocycles. The second kappa shape index (κ2) is 6.47. The van der Waals surface area contributed by atoms with Crippen molar-refractivity contribution in [2.24, 2.45) is 0 Å². The van der Waals surface area contributed by atoms with Crippen molar-refractivity contribution in [1.82, 2.24) is 30.7 Å². The van der Waals surface area contributed by atoms with Crippen LogP contribution >= 0.6 is 0 Å². The van der Waals surface area contributed by atoms with Gasteiger partial charge in [-0.3, -0.25) is 14.7 Å². The molecule has 0 unspecified atom stereocenters. The van der Waals surface area contributed by atoms with E-state index in [9.17, 15) is 9.59 Å². The van der Waals surface area contributed by atoms with Gasteiger partial charge in [0.15, 0.2) is 0 Å². The fraction of sp³-hybridized carbons (Fsp3) is 0.667. The molecule has 3 N–H and O–H groups in total. The number of aromatic amines is 1. The lowest BCUT2D eigenvalue weighted by molar-refractivity contribution is -0.130. The van der Waals surface area contributed by atoms with Crippen LogP contribution in [-0.2, 0) is 4.79 Å². The highest BCUT2D eigenvalue weighted by atomic mass is 16.2. The van der Waals surface area contributed by atoms with Crippen LogP contribution in [0.5, 0.6) is 0 Å². The average Bonchev–Trinajstić information content (AvgIpc) is 2.95. The highest BCUT2D eigenvalue weighted by Gasteiger charge is 2.19. The standard InChI is InChI=1S/C12H20N6O2/c1-8(2)10-15-11(17-16-10)12(20)14-7-9(19)18-5-3-13-4-6-18/h8,13H,3-7H2,1-2H3,(H,14,20)(H,15,16,17). The lowest BCUT2D eigenvalue weighted by Gasteiger charge is -2.27. The number of carbonyl (C=O) groups excluding carboxylic acids is 2. The van der Waals surface area contributed by atoms with Gasteiger partial charge < -0.3 is 15.5 Å². The molecule has 0 radical (unpaired) electrons. The summed E-state index contributed by atoms with van der Waals surface area (Å²) in [6.07, 6.45) is 0. The lowest BCUT2D eigenvalue weighted by atomic mass is 10.2. The minimum Gasteiger partial charge on any atom is -0.340 e. The summed E-state index contributed by atoms with van der Waals surface area (Å²) in [5.41, 5.74) is 0. The van der Waals surface area contributed by atoms with Gasteiger partial charge in [0.05, 0.1) is 6.54 Å². The first-order valence-electron chi connectivity index (χ1n) is 6.77. The van der Waals surface area contributed by atoms with E-state index in [1.54, 1.807) is 4.90 Å². The van der Waals surface area contributed by atoms with Crippen molar-refractivity contribution in [3.8, 4) is 0 Å². The molecule has 1 saturated heterocycles. The van der Waals surface area contributed by atoms with Crippen molar-refractivity contribution in [3.63, 3.8) is 0 Å². The number of hydrogen-bond acceptors (Lipinski definition) is 5. The number of amides is 2. The molecule has 110 valence electrons. The molecule has 8 nitrogen and oxygen atoms in total. The van der Waals surface area contributed by atoms with E-state index in [-0.39, 0.29) is 24.2 Å². The smallest absolute Gasteiger partial charge is 0.291 e. The lowest BCUT2D eigenvalue weighted by Crippen LogP contribution is -2.49. The molecule has 0 atom stereocenters. The maximum absolute atomic E-state index is 11.9. The van der Waals surface area contributed by atoms with Crippen LogP contribution < -0.4 is 10.6 Å². The Morgan fingerprint density at radius 1 is 1.35 bits per heavy atom. The summed E-state index contributed by atoms with van der Waals surface area (Å²) in [5.74, 6) is 0.382. The Morgan fingerprint density at radius 2 is 2.05 bits per heavy atom. The van der Waals surface area contributed by atoms with Gasteiger partial charge in [-0.05, 0) is 0 Å². The zero-order chi connectivity index (χ0) is 14.5. The van der Waals surface area contributed by atoms with E-state index in [1.165, 1.54) is 0 Å². The van der Waals surface area contributed by atoms with Gasteiger partial charge in [-0.25, -0.2) is 4.98 Å². The van der Waals surface area contributed by atoms with Gasteiger partial charge in [-0.2, -0.15) is 0 Å². The van der Waals surface area contributed by atoms with Crippen LogP contribution in [0.15, 0.2) is 0 Å². The zero-order valence-electron chi connectivity index (χ0n) is 11.8. The van der Waals surface area contributed by atoms with Crippen LogP contribution in [0.4, 0.5) is 0 Å². The topological polar surface area (TPSA) is 103 Å². The SMILES string of the molecule is CC(C)c1nc(C(=O)NCC(=O)N2CCNCC2)n[nH]1. The number of carbonyl (C=O) groups is 2. The van der Waals surface area contributed by atoms with Crippen LogP contribution in [0.25, 0.3) is 0 Å². The van der Waals surface area contributed by atoms with Crippen molar-refractivity contribution in [3.05, 3.63) is 11.6 Å². The van der Waals surface area contributed by atoms with E-state index in [1.807, 2.05) is 13.8 Å². The number of nitrogens with zero attached hydrogens (tertiary/aromatic N) is 3. The summed E-state index contributed by atoms with van der Waals surface area (Å²) in [7, 11) is 0. The normalized spacial score (nSPS) is 15.4. The molecule has 0 bridgehead atoms. The van der Waals surface area contributed by atoms with Gasteiger partial charge in [-0.15, -0.1) is 5.10 Å². The fourth-order valence-corrected chi connectivity index (χ4v) is 1.90. The van der Waals surface area contributed by atoms with E-state index in [0.29, 0.717) is 18.9 Å².